The van der Waals surface area contributed by atoms with E-state index in [1.165, 1.54) is 11.8 Å². The number of aromatic nitrogens is 2. The van der Waals surface area contributed by atoms with Crippen LogP contribution in [-0.4, -0.2) is 59.4 Å². The molecule has 0 atom stereocenters. The van der Waals surface area contributed by atoms with E-state index in [2.05, 4.69) is 5.10 Å². The number of alkyl halides is 3. The summed E-state index contributed by atoms with van der Waals surface area (Å²) in [4.78, 5) is 25.8. The van der Waals surface area contributed by atoms with Crippen molar-refractivity contribution in [2.24, 2.45) is 13.0 Å². The largest absolute Gasteiger partial charge is 0.479 e. The van der Waals surface area contributed by atoms with Crippen LogP contribution in [-0.2, 0) is 11.8 Å². The molecule has 134 valence electrons. The van der Waals surface area contributed by atoms with E-state index in [0.29, 0.717) is 31.5 Å². The summed E-state index contributed by atoms with van der Waals surface area (Å²) in [6.07, 6.45) is -2.25. The predicted octanol–water partition coefficient (Wildman–Crippen LogP) is 0.959. The topological polar surface area (TPSA) is 76.5 Å². The Labute approximate surface area is 136 Å². The molecule has 2 heterocycles. The van der Waals surface area contributed by atoms with Crippen LogP contribution < -0.4 is 10.1 Å². The lowest BCUT2D eigenvalue weighted by atomic mass is 9.95. The summed E-state index contributed by atoms with van der Waals surface area (Å²) in [5, 5.41) is 5.90. The molecule has 0 bridgehead atoms. The van der Waals surface area contributed by atoms with Gasteiger partial charge in [-0.25, -0.2) is 0 Å². The van der Waals surface area contributed by atoms with Crippen molar-refractivity contribution in [3.05, 3.63) is 11.8 Å². The molecule has 1 fully saturated rings. The zero-order valence-electron chi connectivity index (χ0n) is 13.4. The molecule has 7 nitrogen and oxygen atoms in total. The van der Waals surface area contributed by atoms with Gasteiger partial charge in [-0.15, -0.1) is 5.10 Å². The molecule has 1 aromatic heterocycles. The first-order valence-electron chi connectivity index (χ1n) is 7.42. The number of carbonyl (C=O) groups excluding carboxylic acids is 2. The molecule has 0 aromatic carbocycles. The van der Waals surface area contributed by atoms with Gasteiger partial charge in [0, 0.05) is 32.3 Å². The fourth-order valence-corrected chi connectivity index (χ4v) is 2.61. The van der Waals surface area contributed by atoms with Gasteiger partial charge in [0.25, 0.3) is 5.91 Å². The normalized spacial score (nSPS) is 16.1. The Balaban J connectivity index is 1.90. The number of aryl methyl sites for hydroxylation is 1. The van der Waals surface area contributed by atoms with Crippen molar-refractivity contribution in [2.75, 3.05) is 26.7 Å². The van der Waals surface area contributed by atoms with Crippen molar-refractivity contribution < 1.29 is 27.5 Å². The molecule has 1 aliphatic heterocycles. The van der Waals surface area contributed by atoms with Gasteiger partial charge < -0.3 is 15.0 Å². The van der Waals surface area contributed by atoms with Crippen LogP contribution in [0.4, 0.5) is 13.2 Å². The van der Waals surface area contributed by atoms with Crippen molar-refractivity contribution in [2.45, 2.75) is 19.0 Å². The summed E-state index contributed by atoms with van der Waals surface area (Å²) >= 11 is 0. The molecule has 0 radical (unpaired) electrons. The first-order chi connectivity index (χ1) is 11.2. The summed E-state index contributed by atoms with van der Waals surface area (Å²) in [5.41, 5.74) is 0.319. The highest BCUT2D eigenvalue weighted by Gasteiger charge is 2.32. The first kappa shape index (κ1) is 18.1. The maximum atomic E-state index is 12.5. The molecule has 0 spiro atoms. The average Bonchev–Trinajstić information content (AvgIpc) is 2.92. The van der Waals surface area contributed by atoms with Gasteiger partial charge in [0.2, 0.25) is 11.8 Å². The van der Waals surface area contributed by atoms with E-state index in [0.717, 1.165) is 0 Å². The summed E-state index contributed by atoms with van der Waals surface area (Å²) in [6, 6.07) is 0. The average molecular weight is 348 g/mol. The smallest absolute Gasteiger partial charge is 0.405 e. The van der Waals surface area contributed by atoms with E-state index >= 15 is 0 Å². The molecule has 1 aromatic rings. The van der Waals surface area contributed by atoms with E-state index in [4.69, 9.17) is 4.74 Å². The Bertz CT molecular complexity index is 607. The van der Waals surface area contributed by atoms with Crippen molar-refractivity contribution in [1.29, 1.82) is 0 Å². The van der Waals surface area contributed by atoms with Crippen molar-refractivity contribution in [1.82, 2.24) is 20.0 Å². The minimum atomic E-state index is -4.43. The van der Waals surface area contributed by atoms with Gasteiger partial charge in [-0.2, -0.15) is 13.2 Å². The SMILES string of the molecule is COc1nn(C)cc1C(=O)N1CCC(C(=O)NCC(F)(F)F)CC1. The van der Waals surface area contributed by atoms with Gasteiger partial charge in [0.1, 0.15) is 12.1 Å². The van der Waals surface area contributed by atoms with E-state index in [1.54, 1.807) is 18.1 Å². The van der Waals surface area contributed by atoms with Gasteiger partial charge in [-0.3, -0.25) is 14.3 Å². The molecule has 1 aliphatic rings. The molecule has 0 aliphatic carbocycles. The summed E-state index contributed by atoms with van der Waals surface area (Å²) < 4.78 is 42.9. The highest BCUT2D eigenvalue weighted by Crippen LogP contribution is 2.23. The van der Waals surface area contributed by atoms with Crippen molar-refractivity contribution in [3.8, 4) is 5.88 Å². The Morgan fingerprint density at radius 1 is 1.38 bits per heavy atom. The number of rotatable bonds is 4. The minimum Gasteiger partial charge on any atom is -0.479 e. The third-order valence-electron chi connectivity index (χ3n) is 3.83. The van der Waals surface area contributed by atoms with Crippen LogP contribution in [0.25, 0.3) is 0 Å². The summed E-state index contributed by atoms with van der Waals surface area (Å²) in [7, 11) is 3.08. The molecule has 1 saturated heterocycles. The number of carbonyl (C=O) groups is 2. The third-order valence-corrected chi connectivity index (χ3v) is 3.83. The number of nitrogens with one attached hydrogen (secondary N) is 1. The van der Waals surface area contributed by atoms with E-state index < -0.39 is 24.5 Å². The van der Waals surface area contributed by atoms with Crippen LogP contribution >= 0.6 is 0 Å². The highest BCUT2D eigenvalue weighted by atomic mass is 19.4. The van der Waals surface area contributed by atoms with Crippen molar-refractivity contribution >= 4 is 11.8 Å². The van der Waals surface area contributed by atoms with Gasteiger partial charge in [-0.05, 0) is 12.8 Å². The van der Waals surface area contributed by atoms with Gasteiger partial charge >= 0.3 is 6.18 Å². The van der Waals surface area contributed by atoms with Gasteiger partial charge in [-0.1, -0.05) is 0 Å². The first-order valence-corrected chi connectivity index (χ1v) is 7.42. The maximum Gasteiger partial charge on any atom is 0.405 e. The second-order valence-electron chi connectivity index (χ2n) is 5.63. The zero-order valence-corrected chi connectivity index (χ0v) is 13.4. The number of piperidine rings is 1. The lowest BCUT2D eigenvalue weighted by molar-refractivity contribution is -0.141. The summed E-state index contributed by atoms with van der Waals surface area (Å²) in [5.74, 6) is -1.20. The Hall–Kier alpha value is -2.26. The zero-order chi connectivity index (χ0) is 17.9. The lowest BCUT2D eigenvalue weighted by Crippen LogP contribution is -2.44. The number of halogens is 3. The molecule has 2 rings (SSSR count). The Morgan fingerprint density at radius 2 is 2.00 bits per heavy atom. The van der Waals surface area contributed by atoms with Crippen molar-refractivity contribution in [3.63, 3.8) is 0 Å². The number of methoxy groups -OCH3 is 1. The number of hydrogen-bond acceptors (Lipinski definition) is 4. The predicted molar refractivity (Wildman–Crippen MR) is 77.5 cm³/mol. The quantitative estimate of drug-likeness (QED) is 0.879. The molecule has 10 heteroatoms. The van der Waals surface area contributed by atoms with Crippen LogP contribution in [0.1, 0.15) is 23.2 Å². The van der Waals surface area contributed by atoms with E-state index in [1.807, 2.05) is 5.32 Å². The van der Waals surface area contributed by atoms with Gasteiger partial charge in [0.15, 0.2) is 0 Å². The Morgan fingerprint density at radius 3 is 2.54 bits per heavy atom. The number of ether oxygens (including phenoxy) is 1. The third kappa shape index (κ3) is 4.39. The monoisotopic (exact) mass is 348 g/mol. The summed E-state index contributed by atoms with van der Waals surface area (Å²) in [6.45, 7) is -0.750. The molecular formula is C14H19F3N4O3. The van der Waals surface area contributed by atoms with E-state index in [9.17, 15) is 22.8 Å². The number of amides is 2. The highest BCUT2D eigenvalue weighted by molar-refractivity contribution is 5.96. The van der Waals surface area contributed by atoms with Crippen LogP contribution in [0.15, 0.2) is 6.20 Å². The number of nitrogens with zero attached hydrogens (tertiary/aromatic N) is 3. The van der Waals surface area contributed by atoms with E-state index in [-0.39, 0.29) is 11.8 Å². The second-order valence-corrected chi connectivity index (χ2v) is 5.63. The number of likely N-dealkylation sites (tertiary alicyclic amines) is 1. The lowest BCUT2D eigenvalue weighted by Gasteiger charge is -2.31. The molecule has 0 unspecified atom stereocenters. The van der Waals surface area contributed by atoms with Crippen LogP contribution in [0.5, 0.6) is 5.88 Å². The molecule has 2 amide bonds. The van der Waals surface area contributed by atoms with Crippen LogP contribution in [0.3, 0.4) is 0 Å². The Kier molecular flexibility index (Phi) is 5.35. The molecular weight excluding hydrogens is 329 g/mol. The molecule has 24 heavy (non-hydrogen) atoms. The fraction of sp³-hybridized carbons (Fsp3) is 0.643. The second kappa shape index (κ2) is 7.10. The fourth-order valence-electron chi connectivity index (χ4n) is 2.61. The molecule has 0 saturated carbocycles. The van der Waals surface area contributed by atoms with Gasteiger partial charge in [0.05, 0.1) is 7.11 Å². The van der Waals surface area contributed by atoms with Crippen LogP contribution in [0, 0.1) is 5.92 Å². The molecule has 1 N–H and O–H groups in total. The number of hydrogen-bond donors (Lipinski definition) is 1. The maximum absolute atomic E-state index is 12.5. The minimum absolute atomic E-state index is 0.215. The van der Waals surface area contributed by atoms with Crippen LogP contribution in [0.2, 0.25) is 0 Å². The standard InChI is InChI=1S/C14H19F3N4O3/c1-20-7-10(12(19-20)24-2)13(23)21-5-3-9(4-6-21)11(22)18-8-14(15,16)17/h7,9H,3-6,8H2,1-2H3,(H,18,22).